The summed E-state index contributed by atoms with van der Waals surface area (Å²) in [6.45, 7) is 0.284. The summed E-state index contributed by atoms with van der Waals surface area (Å²) in [5.74, 6) is 0. The standard InChI is InChI=1S/C23H19ClF3N3O2S/c1-28-14-16-6-9-18(13-19(16)24)33(31,32)30-12-2-3-21-22(30)11-10-20(29-21)15-4-7-17(8-5-15)23(25,26)27/h4-11,13-14H,2-3,12H2,1H3. The number of anilines is 1. The lowest BCUT2D eigenvalue weighted by atomic mass is 10.1. The van der Waals surface area contributed by atoms with Crippen LogP contribution in [0.4, 0.5) is 18.9 Å². The van der Waals surface area contributed by atoms with Crippen molar-refractivity contribution in [1.29, 1.82) is 0 Å². The van der Waals surface area contributed by atoms with Crippen molar-refractivity contribution in [1.82, 2.24) is 4.98 Å². The summed E-state index contributed by atoms with van der Waals surface area (Å²) in [6, 6.07) is 12.5. The molecule has 0 bridgehead atoms. The minimum absolute atomic E-state index is 0.0559. The number of fused-ring (bicyclic) bond motifs is 1. The van der Waals surface area contributed by atoms with Crippen LogP contribution in [0.15, 0.2) is 64.5 Å². The van der Waals surface area contributed by atoms with Gasteiger partial charge in [0.2, 0.25) is 0 Å². The van der Waals surface area contributed by atoms with Crippen LogP contribution in [0.3, 0.4) is 0 Å². The maximum atomic E-state index is 13.4. The van der Waals surface area contributed by atoms with Gasteiger partial charge in [0.25, 0.3) is 10.0 Å². The van der Waals surface area contributed by atoms with E-state index in [1.807, 2.05) is 0 Å². The van der Waals surface area contributed by atoms with E-state index < -0.39 is 21.8 Å². The molecule has 1 aliphatic heterocycles. The Morgan fingerprint density at radius 3 is 2.45 bits per heavy atom. The van der Waals surface area contributed by atoms with Crippen LogP contribution in [-0.2, 0) is 22.6 Å². The Kier molecular flexibility index (Phi) is 6.20. The van der Waals surface area contributed by atoms with E-state index >= 15 is 0 Å². The fourth-order valence-corrected chi connectivity index (χ4v) is 5.55. The Labute approximate surface area is 194 Å². The van der Waals surface area contributed by atoms with Gasteiger partial charge in [-0.3, -0.25) is 14.3 Å². The maximum absolute atomic E-state index is 13.4. The minimum Gasteiger partial charge on any atom is -0.296 e. The molecule has 5 nitrogen and oxygen atoms in total. The summed E-state index contributed by atoms with van der Waals surface area (Å²) < 4.78 is 66.5. The fraction of sp³-hybridized carbons (Fsp3) is 0.217. The second-order valence-electron chi connectivity index (χ2n) is 7.49. The van der Waals surface area contributed by atoms with Crippen LogP contribution >= 0.6 is 11.6 Å². The molecule has 0 atom stereocenters. The zero-order valence-electron chi connectivity index (χ0n) is 17.5. The van der Waals surface area contributed by atoms with E-state index in [0.29, 0.717) is 41.0 Å². The second kappa shape index (κ2) is 8.79. The first kappa shape index (κ1) is 23.3. The SMILES string of the molecule is CN=Cc1ccc(S(=O)(=O)N2CCCc3nc(-c4ccc(C(F)(F)F)cc4)ccc32)cc1Cl. The molecule has 1 aliphatic rings. The molecule has 4 rings (SSSR count). The van der Waals surface area contributed by atoms with E-state index in [0.717, 1.165) is 12.1 Å². The Morgan fingerprint density at radius 1 is 1.09 bits per heavy atom. The molecule has 0 saturated carbocycles. The number of hydrogen-bond donors (Lipinski definition) is 0. The molecule has 0 saturated heterocycles. The molecule has 2 heterocycles. The largest absolute Gasteiger partial charge is 0.416 e. The molecule has 0 amide bonds. The third-order valence-electron chi connectivity index (χ3n) is 5.33. The maximum Gasteiger partial charge on any atom is 0.416 e. The van der Waals surface area contributed by atoms with E-state index in [-0.39, 0.29) is 16.5 Å². The Hall–Kier alpha value is -2.91. The zero-order chi connectivity index (χ0) is 23.8. The lowest BCUT2D eigenvalue weighted by Crippen LogP contribution is -2.36. The molecule has 0 radical (unpaired) electrons. The molecule has 0 fully saturated rings. The zero-order valence-corrected chi connectivity index (χ0v) is 19.0. The van der Waals surface area contributed by atoms with Gasteiger partial charge in [0.15, 0.2) is 0 Å². The number of hydrogen-bond acceptors (Lipinski definition) is 4. The fourth-order valence-electron chi connectivity index (χ4n) is 3.70. The predicted octanol–water partition coefficient (Wildman–Crippen LogP) is 5.61. The summed E-state index contributed by atoms with van der Waals surface area (Å²) >= 11 is 6.22. The number of benzene rings is 2. The van der Waals surface area contributed by atoms with Crippen molar-refractivity contribution in [2.75, 3.05) is 17.9 Å². The van der Waals surface area contributed by atoms with Crippen LogP contribution in [0.2, 0.25) is 5.02 Å². The Balaban J connectivity index is 1.68. The van der Waals surface area contributed by atoms with Gasteiger partial charge in [0, 0.05) is 30.9 Å². The highest BCUT2D eigenvalue weighted by Crippen LogP contribution is 2.35. The van der Waals surface area contributed by atoms with E-state index in [1.54, 1.807) is 31.5 Å². The lowest BCUT2D eigenvalue weighted by Gasteiger charge is -2.30. The van der Waals surface area contributed by atoms with Gasteiger partial charge in [0.05, 0.1) is 32.6 Å². The number of rotatable bonds is 4. The highest BCUT2D eigenvalue weighted by molar-refractivity contribution is 7.92. The quantitative estimate of drug-likeness (QED) is 0.444. The molecular formula is C23H19ClF3N3O2S. The first-order chi connectivity index (χ1) is 15.6. The van der Waals surface area contributed by atoms with Gasteiger partial charge in [-0.05, 0) is 49.2 Å². The number of aromatic nitrogens is 1. The van der Waals surface area contributed by atoms with E-state index in [1.165, 1.54) is 28.6 Å². The highest BCUT2D eigenvalue weighted by atomic mass is 35.5. The number of sulfonamides is 1. The first-order valence-corrected chi connectivity index (χ1v) is 11.8. The highest BCUT2D eigenvalue weighted by Gasteiger charge is 2.31. The van der Waals surface area contributed by atoms with Gasteiger partial charge in [-0.2, -0.15) is 13.2 Å². The average molecular weight is 494 g/mol. The van der Waals surface area contributed by atoms with Crippen molar-refractivity contribution in [3.8, 4) is 11.3 Å². The Morgan fingerprint density at radius 2 is 1.82 bits per heavy atom. The first-order valence-electron chi connectivity index (χ1n) is 10.0. The molecule has 0 N–H and O–H groups in total. The van der Waals surface area contributed by atoms with Gasteiger partial charge in [0.1, 0.15) is 0 Å². The van der Waals surface area contributed by atoms with Crippen LogP contribution in [0.1, 0.15) is 23.2 Å². The molecule has 3 aromatic rings. The van der Waals surface area contributed by atoms with Crippen LogP contribution in [0.25, 0.3) is 11.3 Å². The lowest BCUT2D eigenvalue weighted by molar-refractivity contribution is -0.137. The summed E-state index contributed by atoms with van der Waals surface area (Å²) in [5, 5.41) is 0.273. The van der Waals surface area contributed by atoms with E-state index in [2.05, 4.69) is 9.98 Å². The third kappa shape index (κ3) is 4.60. The third-order valence-corrected chi connectivity index (χ3v) is 7.47. The normalized spacial score (nSPS) is 14.5. The van der Waals surface area contributed by atoms with Crippen molar-refractivity contribution in [2.24, 2.45) is 4.99 Å². The molecule has 1 aromatic heterocycles. The van der Waals surface area contributed by atoms with E-state index in [9.17, 15) is 21.6 Å². The molecule has 0 spiro atoms. The number of pyridine rings is 1. The van der Waals surface area contributed by atoms with E-state index in [4.69, 9.17) is 11.6 Å². The van der Waals surface area contributed by atoms with Crippen molar-refractivity contribution in [2.45, 2.75) is 23.9 Å². The molecule has 172 valence electrons. The van der Waals surface area contributed by atoms with Crippen LogP contribution < -0.4 is 4.31 Å². The van der Waals surface area contributed by atoms with Crippen LogP contribution in [-0.4, -0.2) is 33.2 Å². The smallest absolute Gasteiger partial charge is 0.296 e. The average Bonchev–Trinajstić information content (AvgIpc) is 2.79. The summed E-state index contributed by atoms with van der Waals surface area (Å²) in [7, 11) is -2.29. The van der Waals surface area contributed by atoms with Crippen molar-refractivity contribution >= 4 is 33.5 Å². The molecule has 0 aliphatic carbocycles. The molecular weight excluding hydrogens is 475 g/mol. The molecule has 2 aromatic carbocycles. The molecule has 33 heavy (non-hydrogen) atoms. The van der Waals surface area contributed by atoms with Gasteiger partial charge in [-0.25, -0.2) is 8.42 Å². The minimum atomic E-state index is -4.42. The summed E-state index contributed by atoms with van der Waals surface area (Å²) in [6.07, 6.45) is -1.75. The van der Waals surface area contributed by atoms with Gasteiger partial charge < -0.3 is 0 Å². The number of alkyl halides is 3. The van der Waals surface area contributed by atoms with Gasteiger partial charge in [-0.1, -0.05) is 29.8 Å². The number of aryl methyl sites for hydroxylation is 1. The van der Waals surface area contributed by atoms with Crippen LogP contribution in [0.5, 0.6) is 0 Å². The van der Waals surface area contributed by atoms with Crippen molar-refractivity contribution in [3.63, 3.8) is 0 Å². The summed E-state index contributed by atoms with van der Waals surface area (Å²) in [4.78, 5) is 8.51. The van der Waals surface area contributed by atoms with Gasteiger partial charge in [-0.15, -0.1) is 0 Å². The topological polar surface area (TPSA) is 62.6 Å². The molecule has 0 unspecified atom stereocenters. The monoisotopic (exact) mass is 493 g/mol. The van der Waals surface area contributed by atoms with Crippen molar-refractivity contribution < 1.29 is 21.6 Å². The number of aliphatic imine (C=N–C) groups is 1. The second-order valence-corrected chi connectivity index (χ2v) is 9.76. The Bertz CT molecular complexity index is 1320. The predicted molar refractivity (Wildman–Crippen MR) is 122 cm³/mol. The number of nitrogens with zero attached hydrogens (tertiary/aromatic N) is 3. The molecule has 10 heteroatoms. The summed E-state index contributed by atoms with van der Waals surface area (Å²) in [5.41, 5.74) is 1.89. The van der Waals surface area contributed by atoms with Crippen molar-refractivity contribution in [3.05, 3.63) is 76.4 Å². The van der Waals surface area contributed by atoms with Gasteiger partial charge >= 0.3 is 6.18 Å². The van der Waals surface area contributed by atoms with Crippen LogP contribution in [0, 0.1) is 0 Å². The number of halogens is 4.